The molecular weight excluding hydrogens is 420 g/mol. The lowest BCUT2D eigenvalue weighted by molar-refractivity contribution is -0.151. The summed E-state index contributed by atoms with van der Waals surface area (Å²) in [6, 6.07) is 7.19. The average Bonchev–Trinajstić information content (AvgIpc) is 3.14. The number of rotatable bonds is 6. The molecule has 2 amide bonds. The minimum absolute atomic E-state index is 0.0733. The zero-order valence-corrected chi connectivity index (χ0v) is 18.8. The molecule has 31 heavy (non-hydrogen) atoms. The second-order valence-electron chi connectivity index (χ2n) is 7.63. The summed E-state index contributed by atoms with van der Waals surface area (Å²) in [7, 11) is 1.59. The van der Waals surface area contributed by atoms with Crippen LogP contribution in [0.2, 0.25) is 5.02 Å². The Labute approximate surface area is 186 Å². The van der Waals surface area contributed by atoms with E-state index in [-0.39, 0.29) is 30.2 Å². The van der Waals surface area contributed by atoms with E-state index in [0.717, 1.165) is 12.1 Å². The first-order valence-corrected chi connectivity index (χ1v) is 10.7. The van der Waals surface area contributed by atoms with E-state index >= 15 is 0 Å². The van der Waals surface area contributed by atoms with Gasteiger partial charge in [-0.15, -0.1) is 0 Å². The molecule has 166 valence electrons. The minimum Gasteiger partial charge on any atom is -0.466 e. The van der Waals surface area contributed by atoms with Crippen LogP contribution in [0, 0.1) is 12.8 Å². The molecule has 1 unspecified atom stereocenters. The lowest BCUT2D eigenvalue weighted by Gasteiger charge is -2.32. The first kappa shape index (κ1) is 22.8. The van der Waals surface area contributed by atoms with Gasteiger partial charge in [0.05, 0.1) is 42.2 Å². The van der Waals surface area contributed by atoms with Crippen molar-refractivity contribution in [3.8, 4) is 5.69 Å². The quantitative estimate of drug-likeness (QED) is 0.637. The Bertz CT molecular complexity index is 974. The fourth-order valence-corrected chi connectivity index (χ4v) is 3.91. The number of benzene rings is 1. The third-order valence-corrected chi connectivity index (χ3v) is 5.64. The summed E-state index contributed by atoms with van der Waals surface area (Å²) in [4.78, 5) is 40.7. The standard InChI is InChI=1S/C22H27ClN4O4/c1-4-31-22(30)16-7-6-10-26(13-16)20(28)14-25(3)21(29)19-12-24-27(15(19)2)18-9-5-8-17(23)11-18/h5,8-9,11-12,16H,4,6-7,10,13-14H2,1-3H3. The molecule has 1 aliphatic rings. The van der Waals surface area contributed by atoms with Crippen LogP contribution in [-0.4, -0.2) is 70.7 Å². The molecule has 0 aliphatic carbocycles. The number of hydrogen-bond acceptors (Lipinski definition) is 5. The van der Waals surface area contributed by atoms with Gasteiger partial charge in [-0.05, 0) is 44.9 Å². The largest absolute Gasteiger partial charge is 0.466 e. The number of ether oxygens (including phenoxy) is 1. The third-order valence-electron chi connectivity index (χ3n) is 5.41. The third kappa shape index (κ3) is 5.25. The molecule has 1 aromatic heterocycles. The normalized spacial score (nSPS) is 16.1. The monoisotopic (exact) mass is 446 g/mol. The highest BCUT2D eigenvalue weighted by Gasteiger charge is 2.30. The van der Waals surface area contributed by atoms with Crippen molar-refractivity contribution in [2.24, 2.45) is 5.92 Å². The van der Waals surface area contributed by atoms with Crippen molar-refractivity contribution < 1.29 is 19.1 Å². The number of aromatic nitrogens is 2. The fourth-order valence-electron chi connectivity index (χ4n) is 3.72. The Morgan fingerprint density at radius 1 is 1.32 bits per heavy atom. The number of esters is 1. The molecule has 0 spiro atoms. The van der Waals surface area contributed by atoms with E-state index in [1.54, 1.807) is 42.6 Å². The molecule has 8 nitrogen and oxygen atoms in total. The molecular formula is C22H27ClN4O4. The van der Waals surface area contributed by atoms with Crippen LogP contribution < -0.4 is 0 Å². The molecule has 1 atom stereocenters. The maximum atomic E-state index is 13.0. The molecule has 0 N–H and O–H groups in total. The van der Waals surface area contributed by atoms with Gasteiger partial charge in [-0.1, -0.05) is 17.7 Å². The molecule has 1 fully saturated rings. The predicted octanol–water partition coefficient (Wildman–Crippen LogP) is 2.71. The number of likely N-dealkylation sites (tertiary alicyclic amines) is 1. The number of hydrogen-bond donors (Lipinski definition) is 0. The number of likely N-dealkylation sites (N-methyl/N-ethyl adjacent to an activating group) is 1. The number of carbonyl (C=O) groups excluding carboxylic acids is 3. The van der Waals surface area contributed by atoms with Crippen molar-refractivity contribution >= 4 is 29.4 Å². The zero-order chi connectivity index (χ0) is 22.5. The molecule has 0 saturated carbocycles. The topological polar surface area (TPSA) is 84.7 Å². The van der Waals surface area contributed by atoms with E-state index in [9.17, 15) is 14.4 Å². The van der Waals surface area contributed by atoms with Gasteiger partial charge in [0, 0.05) is 25.2 Å². The summed E-state index contributed by atoms with van der Waals surface area (Å²) in [5.41, 5.74) is 1.83. The van der Waals surface area contributed by atoms with Gasteiger partial charge in [0.15, 0.2) is 0 Å². The molecule has 1 aliphatic heterocycles. The predicted molar refractivity (Wildman–Crippen MR) is 116 cm³/mol. The summed E-state index contributed by atoms with van der Waals surface area (Å²) in [6.45, 7) is 4.71. The van der Waals surface area contributed by atoms with Crippen LogP contribution >= 0.6 is 11.6 Å². The molecule has 2 heterocycles. The molecule has 1 saturated heterocycles. The van der Waals surface area contributed by atoms with Crippen molar-refractivity contribution in [2.75, 3.05) is 33.3 Å². The van der Waals surface area contributed by atoms with Crippen molar-refractivity contribution in [2.45, 2.75) is 26.7 Å². The summed E-state index contributed by atoms with van der Waals surface area (Å²) < 4.78 is 6.73. The van der Waals surface area contributed by atoms with Crippen LogP contribution in [-0.2, 0) is 14.3 Å². The second-order valence-corrected chi connectivity index (χ2v) is 8.06. The summed E-state index contributed by atoms with van der Waals surface area (Å²) in [5.74, 6) is -1.06. The lowest BCUT2D eigenvalue weighted by atomic mass is 9.98. The molecule has 1 aromatic carbocycles. The molecule has 3 rings (SSSR count). The van der Waals surface area contributed by atoms with Crippen LogP contribution in [0.5, 0.6) is 0 Å². The van der Waals surface area contributed by atoms with Gasteiger partial charge < -0.3 is 14.5 Å². The highest BCUT2D eigenvalue weighted by molar-refractivity contribution is 6.30. The van der Waals surface area contributed by atoms with E-state index < -0.39 is 0 Å². The van der Waals surface area contributed by atoms with Gasteiger partial charge in [-0.2, -0.15) is 5.10 Å². The van der Waals surface area contributed by atoms with E-state index in [1.807, 2.05) is 12.1 Å². The van der Waals surface area contributed by atoms with E-state index in [0.29, 0.717) is 42.4 Å². The van der Waals surface area contributed by atoms with Crippen LogP contribution in [0.25, 0.3) is 5.69 Å². The van der Waals surface area contributed by atoms with Gasteiger partial charge in [-0.25, -0.2) is 4.68 Å². The van der Waals surface area contributed by atoms with E-state index in [2.05, 4.69) is 5.10 Å². The Morgan fingerprint density at radius 2 is 2.10 bits per heavy atom. The maximum absolute atomic E-state index is 13.0. The van der Waals surface area contributed by atoms with Gasteiger partial charge in [0.25, 0.3) is 5.91 Å². The Kier molecular flexibility index (Phi) is 7.33. The van der Waals surface area contributed by atoms with Gasteiger partial charge in [0.2, 0.25) is 5.91 Å². The summed E-state index contributed by atoms with van der Waals surface area (Å²) in [5, 5.41) is 4.88. The van der Waals surface area contributed by atoms with Gasteiger partial charge >= 0.3 is 5.97 Å². The van der Waals surface area contributed by atoms with Crippen LogP contribution in [0.15, 0.2) is 30.5 Å². The Morgan fingerprint density at radius 3 is 2.81 bits per heavy atom. The first-order valence-electron chi connectivity index (χ1n) is 10.3. The Hall–Kier alpha value is -2.87. The van der Waals surface area contributed by atoms with Gasteiger partial charge in [-0.3, -0.25) is 14.4 Å². The minimum atomic E-state index is -0.308. The Balaban J connectivity index is 1.65. The highest BCUT2D eigenvalue weighted by atomic mass is 35.5. The summed E-state index contributed by atoms with van der Waals surface area (Å²) >= 11 is 6.06. The second kappa shape index (κ2) is 9.96. The number of amides is 2. The molecule has 0 radical (unpaired) electrons. The molecule has 2 aromatic rings. The van der Waals surface area contributed by atoms with E-state index in [1.165, 1.54) is 11.1 Å². The van der Waals surface area contributed by atoms with Crippen molar-refractivity contribution in [3.63, 3.8) is 0 Å². The summed E-state index contributed by atoms with van der Waals surface area (Å²) in [6.07, 6.45) is 2.94. The smallest absolute Gasteiger partial charge is 0.310 e. The zero-order valence-electron chi connectivity index (χ0n) is 18.0. The SMILES string of the molecule is CCOC(=O)C1CCCN(C(=O)CN(C)C(=O)c2cnn(-c3cccc(Cl)c3)c2C)C1. The highest BCUT2D eigenvalue weighted by Crippen LogP contribution is 2.20. The van der Waals surface area contributed by atoms with Crippen molar-refractivity contribution in [1.29, 1.82) is 0 Å². The van der Waals surface area contributed by atoms with Crippen LogP contribution in [0.3, 0.4) is 0 Å². The van der Waals surface area contributed by atoms with Crippen LogP contribution in [0.1, 0.15) is 35.8 Å². The molecule has 0 bridgehead atoms. The van der Waals surface area contributed by atoms with Crippen molar-refractivity contribution in [3.05, 3.63) is 46.7 Å². The number of piperidine rings is 1. The van der Waals surface area contributed by atoms with Crippen LogP contribution in [0.4, 0.5) is 0 Å². The maximum Gasteiger partial charge on any atom is 0.310 e. The first-order chi connectivity index (χ1) is 14.8. The molecule has 9 heteroatoms. The van der Waals surface area contributed by atoms with Gasteiger partial charge in [0.1, 0.15) is 0 Å². The van der Waals surface area contributed by atoms with E-state index in [4.69, 9.17) is 16.3 Å². The number of nitrogens with zero attached hydrogens (tertiary/aromatic N) is 4. The number of halogens is 1. The lowest BCUT2D eigenvalue weighted by Crippen LogP contribution is -2.47. The van der Waals surface area contributed by atoms with Crippen molar-refractivity contribution in [1.82, 2.24) is 19.6 Å². The number of carbonyl (C=O) groups is 3. The average molecular weight is 447 g/mol. The fraction of sp³-hybridized carbons (Fsp3) is 0.455.